The minimum absolute atomic E-state index is 0.155. The molecule has 1 aliphatic heterocycles. The van der Waals surface area contributed by atoms with Gasteiger partial charge in [0.1, 0.15) is 23.0 Å². The van der Waals surface area contributed by atoms with E-state index in [4.69, 9.17) is 23.9 Å². The Kier molecular flexibility index (Phi) is 4.83. The van der Waals surface area contributed by atoms with Gasteiger partial charge in [-0.3, -0.25) is 4.99 Å². The summed E-state index contributed by atoms with van der Waals surface area (Å²) in [6, 6.07) is 9.87. The van der Waals surface area contributed by atoms with Crippen LogP contribution in [0.25, 0.3) is 0 Å². The van der Waals surface area contributed by atoms with Crippen molar-refractivity contribution in [2.24, 2.45) is 4.99 Å². The Hall–Kier alpha value is -2.69. The number of fused-ring (bicyclic) bond motifs is 1. The monoisotopic (exact) mass is 341 g/mol. The average Bonchev–Trinajstić information content (AvgIpc) is 2.65. The van der Waals surface area contributed by atoms with Gasteiger partial charge in [0.15, 0.2) is 0 Å². The van der Waals surface area contributed by atoms with Crippen LogP contribution in [0, 0.1) is 0 Å². The fourth-order valence-electron chi connectivity index (χ4n) is 3.15. The van der Waals surface area contributed by atoms with E-state index in [1.54, 1.807) is 28.4 Å². The Labute approximate surface area is 148 Å². The minimum Gasteiger partial charge on any atom is -0.497 e. The lowest BCUT2D eigenvalue weighted by molar-refractivity contribution is 0.389. The molecule has 25 heavy (non-hydrogen) atoms. The Morgan fingerprint density at radius 2 is 1.40 bits per heavy atom. The minimum atomic E-state index is 0.155. The largest absolute Gasteiger partial charge is 0.497 e. The zero-order valence-corrected chi connectivity index (χ0v) is 15.3. The van der Waals surface area contributed by atoms with Gasteiger partial charge in [0.2, 0.25) is 0 Å². The predicted molar refractivity (Wildman–Crippen MR) is 97.9 cm³/mol. The summed E-state index contributed by atoms with van der Waals surface area (Å²) >= 11 is 0. The van der Waals surface area contributed by atoms with Crippen LogP contribution in [0.5, 0.6) is 23.0 Å². The number of rotatable bonds is 5. The topological polar surface area (TPSA) is 49.3 Å². The standard InChI is InChI=1S/C20H23NO4/c1-12-6-17-18(10-16(24-4)11-19(17)25-5)20(21-12)13-7-14(22-2)9-15(8-13)23-3/h7-12H,6H2,1-5H3. The Morgan fingerprint density at radius 1 is 0.800 bits per heavy atom. The number of nitrogens with zero attached hydrogens (tertiary/aromatic N) is 1. The summed E-state index contributed by atoms with van der Waals surface area (Å²) in [7, 11) is 6.62. The molecule has 0 bridgehead atoms. The van der Waals surface area contributed by atoms with Gasteiger partial charge in [-0.2, -0.15) is 0 Å². The maximum atomic E-state index is 5.59. The molecule has 0 spiro atoms. The van der Waals surface area contributed by atoms with E-state index < -0.39 is 0 Å². The van der Waals surface area contributed by atoms with E-state index in [1.165, 1.54) is 0 Å². The lowest BCUT2D eigenvalue weighted by Gasteiger charge is -2.24. The van der Waals surface area contributed by atoms with Crippen LogP contribution < -0.4 is 18.9 Å². The molecule has 2 aromatic rings. The van der Waals surface area contributed by atoms with Gasteiger partial charge in [0.25, 0.3) is 0 Å². The molecule has 5 nitrogen and oxygen atoms in total. The first-order valence-electron chi connectivity index (χ1n) is 8.16. The third-order valence-corrected chi connectivity index (χ3v) is 4.37. The van der Waals surface area contributed by atoms with Crippen molar-refractivity contribution in [3.8, 4) is 23.0 Å². The number of hydrogen-bond acceptors (Lipinski definition) is 5. The molecule has 2 aromatic carbocycles. The lowest BCUT2D eigenvalue weighted by atomic mass is 9.89. The second kappa shape index (κ2) is 7.05. The normalized spacial score (nSPS) is 15.9. The maximum absolute atomic E-state index is 5.59. The summed E-state index contributed by atoms with van der Waals surface area (Å²) in [4.78, 5) is 4.89. The molecule has 0 amide bonds. The van der Waals surface area contributed by atoms with Crippen LogP contribution in [0.15, 0.2) is 35.3 Å². The van der Waals surface area contributed by atoms with Crippen LogP contribution in [0.2, 0.25) is 0 Å². The number of benzene rings is 2. The van der Waals surface area contributed by atoms with Crippen LogP contribution in [-0.4, -0.2) is 40.2 Å². The van der Waals surface area contributed by atoms with Gasteiger partial charge in [0, 0.05) is 28.8 Å². The molecule has 0 fully saturated rings. The van der Waals surface area contributed by atoms with E-state index >= 15 is 0 Å². The van der Waals surface area contributed by atoms with Crippen molar-refractivity contribution in [3.05, 3.63) is 47.0 Å². The fourth-order valence-corrected chi connectivity index (χ4v) is 3.15. The molecule has 0 saturated carbocycles. The summed E-state index contributed by atoms with van der Waals surface area (Å²) in [6.45, 7) is 2.10. The zero-order valence-electron chi connectivity index (χ0n) is 15.3. The molecule has 1 atom stereocenters. The Morgan fingerprint density at radius 3 is 1.96 bits per heavy atom. The van der Waals surface area contributed by atoms with Crippen molar-refractivity contribution >= 4 is 5.71 Å². The molecule has 3 rings (SSSR count). The van der Waals surface area contributed by atoms with Gasteiger partial charge in [-0.1, -0.05) is 0 Å². The van der Waals surface area contributed by atoms with Crippen molar-refractivity contribution < 1.29 is 18.9 Å². The van der Waals surface area contributed by atoms with E-state index in [9.17, 15) is 0 Å². The molecule has 1 heterocycles. The molecule has 1 unspecified atom stereocenters. The van der Waals surface area contributed by atoms with Gasteiger partial charge in [-0.15, -0.1) is 0 Å². The average molecular weight is 341 g/mol. The van der Waals surface area contributed by atoms with E-state index in [0.29, 0.717) is 0 Å². The van der Waals surface area contributed by atoms with Crippen LogP contribution in [0.1, 0.15) is 23.6 Å². The van der Waals surface area contributed by atoms with E-state index in [-0.39, 0.29) is 6.04 Å². The highest BCUT2D eigenvalue weighted by molar-refractivity contribution is 6.15. The highest BCUT2D eigenvalue weighted by Gasteiger charge is 2.25. The van der Waals surface area contributed by atoms with Crippen molar-refractivity contribution in [1.82, 2.24) is 0 Å². The second-order valence-corrected chi connectivity index (χ2v) is 5.99. The van der Waals surface area contributed by atoms with E-state index in [2.05, 4.69) is 6.92 Å². The van der Waals surface area contributed by atoms with Gasteiger partial charge < -0.3 is 18.9 Å². The predicted octanol–water partition coefficient (Wildman–Crippen LogP) is 3.50. The van der Waals surface area contributed by atoms with Crippen LogP contribution in [0.4, 0.5) is 0 Å². The van der Waals surface area contributed by atoms with Crippen molar-refractivity contribution in [1.29, 1.82) is 0 Å². The fraction of sp³-hybridized carbons (Fsp3) is 0.350. The highest BCUT2D eigenvalue weighted by Crippen LogP contribution is 2.36. The quantitative estimate of drug-likeness (QED) is 0.835. The van der Waals surface area contributed by atoms with Crippen molar-refractivity contribution in [2.45, 2.75) is 19.4 Å². The van der Waals surface area contributed by atoms with Crippen molar-refractivity contribution in [3.63, 3.8) is 0 Å². The van der Waals surface area contributed by atoms with Gasteiger partial charge in [-0.25, -0.2) is 0 Å². The number of ether oxygens (including phenoxy) is 4. The third kappa shape index (κ3) is 3.27. The molecule has 0 radical (unpaired) electrons. The first kappa shape index (κ1) is 17.1. The highest BCUT2D eigenvalue weighted by atomic mass is 16.5. The summed E-state index contributed by atoms with van der Waals surface area (Å²) in [5, 5.41) is 0. The van der Waals surface area contributed by atoms with Crippen LogP contribution >= 0.6 is 0 Å². The number of hydrogen-bond donors (Lipinski definition) is 0. The molecule has 0 saturated heterocycles. The Bertz CT molecular complexity index is 791. The van der Waals surface area contributed by atoms with Gasteiger partial charge in [0.05, 0.1) is 40.2 Å². The molecule has 0 aromatic heterocycles. The van der Waals surface area contributed by atoms with Gasteiger partial charge in [-0.05, 0) is 31.5 Å². The molecule has 5 heteroatoms. The maximum Gasteiger partial charge on any atom is 0.126 e. The molecule has 132 valence electrons. The zero-order chi connectivity index (χ0) is 18.0. The molecule has 0 aliphatic carbocycles. The molecule has 0 N–H and O–H groups in total. The number of methoxy groups -OCH3 is 4. The van der Waals surface area contributed by atoms with Crippen LogP contribution in [0.3, 0.4) is 0 Å². The van der Waals surface area contributed by atoms with E-state index in [1.807, 2.05) is 30.3 Å². The first-order chi connectivity index (χ1) is 12.1. The smallest absolute Gasteiger partial charge is 0.126 e. The molecule has 1 aliphatic rings. The van der Waals surface area contributed by atoms with E-state index in [0.717, 1.165) is 51.8 Å². The first-order valence-corrected chi connectivity index (χ1v) is 8.16. The van der Waals surface area contributed by atoms with Crippen molar-refractivity contribution in [2.75, 3.05) is 28.4 Å². The molecular weight excluding hydrogens is 318 g/mol. The SMILES string of the molecule is COc1cc(OC)cc(C2=NC(C)Cc3c(OC)cc(OC)cc32)c1. The molecular formula is C20H23NO4. The lowest BCUT2D eigenvalue weighted by Crippen LogP contribution is -2.20. The summed E-state index contributed by atoms with van der Waals surface area (Å²) < 4.78 is 21.8. The number of aliphatic imine (C=N–C) groups is 1. The van der Waals surface area contributed by atoms with Crippen LogP contribution in [-0.2, 0) is 6.42 Å². The Balaban J connectivity index is 2.21. The second-order valence-electron chi connectivity index (χ2n) is 5.99. The third-order valence-electron chi connectivity index (χ3n) is 4.37. The summed E-state index contributed by atoms with van der Waals surface area (Å²) in [5.74, 6) is 3.02. The summed E-state index contributed by atoms with van der Waals surface area (Å²) in [6.07, 6.45) is 0.826. The van der Waals surface area contributed by atoms with Gasteiger partial charge >= 0.3 is 0 Å². The summed E-state index contributed by atoms with van der Waals surface area (Å²) in [5.41, 5.74) is 4.00.